The molecule has 0 aliphatic heterocycles. The van der Waals surface area contributed by atoms with Gasteiger partial charge in [0.1, 0.15) is 0 Å². The first-order valence-electron chi connectivity index (χ1n) is 8.20. The quantitative estimate of drug-likeness (QED) is 0.294. The zero-order valence-corrected chi connectivity index (χ0v) is 14.7. The van der Waals surface area contributed by atoms with Gasteiger partial charge in [-0.2, -0.15) is 5.10 Å². The van der Waals surface area contributed by atoms with Crippen molar-refractivity contribution in [2.24, 2.45) is 5.10 Å². The van der Waals surface area contributed by atoms with Crippen molar-refractivity contribution in [1.29, 1.82) is 0 Å². The van der Waals surface area contributed by atoms with E-state index in [9.17, 15) is 19.7 Å². The van der Waals surface area contributed by atoms with Gasteiger partial charge in [-0.15, -0.1) is 0 Å². The lowest BCUT2D eigenvalue weighted by molar-refractivity contribution is -0.384. The number of hydrogen-bond donors (Lipinski definition) is 2. The third kappa shape index (κ3) is 4.33. The number of rotatable bonds is 6. The number of ketones is 1. The highest BCUT2D eigenvalue weighted by Crippen LogP contribution is 2.16. The minimum absolute atomic E-state index is 0.0215. The van der Waals surface area contributed by atoms with Gasteiger partial charge in [0, 0.05) is 29.5 Å². The zero-order chi connectivity index (χ0) is 20.1. The Labute approximate surface area is 158 Å². The molecule has 0 atom stereocenters. The summed E-state index contributed by atoms with van der Waals surface area (Å²) in [4.78, 5) is 41.6. The number of aryl methyl sites for hydroxylation is 1. The summed E-state index contributed by atoms with van der Waals surface area (Å²) in [5.41, 5.74) is 3.34. The second kappa shape index (κ2) is 8.04. The van der Waals surface area contributed by atoms with Gasteiger partial charge in [-0.3, -0.25) is 25.1 Å². The van der Waals surface area contributed by atoms with Gasteiger partial charge in [0.25, 0.3) is 11.2 Å². The molecule has 0 fully saturated rings. The number of Topliss-reactive ketones (excluding diaryl/α,β-unsaturated/α-hetero) is 1. The lowest BCUT2D eigenvalue weighted by atomic mass is 10.1. The van der Waals surface area contributed by atoms with Crippen LogP contribution in [0.3, 0.4) is 0 Å². The Morgan fingerprint density at radius 3 is 2.43 bits per heavy atom. The molecule has 28 heavy (non-hydrogen) atoms. The van der Waals surface area contributed by atoms with E-state index in [1.807, 2.05) is 0 Å². The smallest absolute Gasteiger partial charge is 0.269 e. The van der Waals surface area contributed by atoms with Crippen molar-refractivity contribution >= 4 is 22.9 Å². The number of H-pyrrole nitrogens is 1. The van der Waals surface area contributed by atoms with Gasteiger partial charge in [0.2, 0.25) is 5.78 Å². The fourth-order valence-electron chi connectivity index (χ4n) is 2.41. The summed E-state index contributed by atoms with van der Waals surface area (Å²) in [5.74, 6) is -0.419. The molecule has 1 aromatic heterocycles. The first-order valence-corrected chi connectivity index (χ1v) is 8.20. The van der Waals surface area contributed by atoms with Crippen LogP contribution >= 0.6 is 0 Å². The summed E-state index contributed by atoms with van der Waals surface area (Å²) in [6.07, 6.45) is 0. The van der Waals surface area contributed by atoms with Crippen molar-refractivity contribution in [2.45, 2.75) is 6.92 Å². The number of nitrogens with zero attached hydrogens (tertiary/aromatic N) is 3. The van der Waals surface area contributed by atoms with Crippen molar-refractivity contribution in [3.05, 3.63) is 98.2 Å². The van der Waals surface area contributed by atoms with Gasteiger partial charge in [-0.05, 0) is 19.1 Å². The van der Waals surface area contributed by atoms with Crippen LogP contribution in [0.1, 0.15) is 21.9 Å². The molecule has 0 aliphatic rings. The fraction of sp³-hybridized carbons (Fsp3) is 0.0526. The van der Waals surface area contributed by atoms with Crippen LogP contribution < -0.4 is 11.0 Å². The molecule has 0 saturated heterocycles. The molecular formula is C19H15N5O4. The molecule has 0 amide bonds. The summed E-state index contributed by atoms with van der Waals surface area (Å²) in [5, 5.41) is 14.9. The molecule has 2 aromatic carbocycles. The standard InChI is InChI=1S/C19H15N5O4/c1-12-11-16(25)21-19(20-12)17(18(26)13-5-3-2-4-6-13)23-22-14-7-9-15(10-8-14)24(27)28/h2-11,22H,1H3,(H,20,21,25)/b23-17-. The Bertz CT molecular complexity index is 1110. The second-order valence-corrected chi connectivity index (χ2v) is 5.81. The predicted octanol–water partition coefficient (Wildman–Crippen LogP) is 2.69. The van der Waals surface area contributed by atoms with Crippen molar-refractivity contribution in [3.63, 3.8) is 0 Å². The van der Waals surface area contributed by atoms with E-state index in [0.717, 1.165) is 0 Å². The number of nitro benzene ring substituents is 1. The zero-order valence-electron chi connectivity index (χ0n) is 14.7. The molecule has 1 heterocycles. The van der Waals surface area contributed by atoms with Crippen LogP contribution in [0.5, 0.6) is 0 Å². The van der Waals surface area contributed by atoms with E-state index in [1.54, 1.807) is 37.3 Å². The minimum atomic E-state index is -0.515. The van der Waals surface area contributed by atoms with Crippen molar-refractivity contribution < 1.29 is 9.72 Å². The maximum absolute atomic E-state index is 12.9. The van der Waals surface area contributed by atoms with Crippen LogP contribution in [0.25, 0.3) is 0 Å². The predicted molar refractivity (Wildman–Crippen MR) is 104 cm³/mol. The number of carbonyl (C=O) groups is 1. The Kier molecular flexibility index (Phi) is 5.35. The van der Waals surface area contributed by atoms with Gasteiger partial charge in [0.15, 0.2) is 11.5 Å². The van der Waals surface area contributed by atoms with Crippen LogP contribution in [0.4, 0.5) is 11.4 Å². The first-order chi connectivity index (χ1) is 13.4. The number of nitrogens with one attached hydrogen (secondary N) is 2. The molecule has 0 aliphatic carbocycles. The van der Waals surface area contributed by atoms with Crippen molar-refractivity contribution in [3.8, 4) is 0 Å². The summed E-state index contributed by atoms with van der Waals surface area (Å²) >= 11 is 0. The summed E-state index contributed by atoms with van der Waals surface area (Å²) in [6, 6.07) is 15.3. The van der Waals surface area contributed by atoms with Gasteiger partial charge in [-0.25, -0.2) is 4.98 Å². The SMILES string of the molecule is Cc1cc(=O)[nH]c(/C(=N\Nc2ccc([N+](=O)[O-])cc2)C(=O)c2ccccc2)n1. The Balaban J connectivity index is 2.00. The first kappa shape index (κ1) is 18.6. The van der Waals surface area contributed by atoms with Gasteiger partial charge in [0.05, 0.1) is 10.6 Å². The van der Waals surface area contributed by atoms with E-state index in [-0.39, 0.29) is 17.2 Å². The summed E-state index contributed by atoms with van der Waals surface area (Å²) in [6.45, 7) is 1.63. The third-order valence-corrected chi connectivity index (χ3v) is 3.72. The van der Waals surface area contributed by atoms with Crippen LogP contribution in [0.15, 0.2) is 70.6 Å². The largest absolute Gasteiger partial charge is 0.305 e. The maximum Gasteiger partial charge on any atom is 0.269 e. The Morgan fingerprint density at radius 1 is 1.14 bits per heavy atom. The Hall–Kier alpha value is -4.14. The molecule has 0 spiro atoms. The van der Waals surface area contributed by atoms with Crippen molar-refractivity contribution in [2.75, 3.05) is 5.43 Å². The molecular weight excluding hydrogens is 362 g/mol. The number of nitro groups is 1. The lowest BCUT2D eigenvalue weighted by Crippen LogP contribution is -2.24. The summed E-state index contributed by atoms with van der Waals surface area (Å²) < 4.78 is 0. The molecule has 0 radical (unpaired) electrons. The monoisotopic (exact) mass is 377 g/mol. The molecule has 9 heteroatoms. The number of non-ortho nitro benzene ring substituents is 1. The maximum atomic E-state index is 12.9. The number of aromatic amines is 1. The van der Waals surface area contributed by atoms with Crippen molar-refractivity contribution in [1.82, 2.24) is 9.97 Å². The van der Waals surface area contributed by atoms with E-state index in [2.05, 4.69) is 20.5 Å². The number of hydrogen-bond acceptors (Lipinski definition) is 7. The number of aromatic nitrogens is 2. The topological polar surface area (TPSA) is 130 Å². The number of hydrazone groups is 1. The molecule has 3 aromatic rings. The highest BCUT2D eigenvalue weighted by molar-refractivity contribution is 6.50. The van der Waals surface area contributed by atoms with Gasteiger partial charge in [-0.1, -0.05) is 30.3 Å². The second-order valence-electron chi connectivity index (χ2n) is 5.81. The van der Waals surface area contributed by atoms with E-state index in [0.29, 0.717) is 16.9 Å². The highest BCUT2D eigenvalue weighted by Gasteiger charge is 2.19. The van der Waals surface area contributed by atoms with E-state index >= 15 is 0 Å². The lowest BCUT2D eigenvalue weighted by Gasteiger charge is -2.07. The average Bonchev–Trinajstić information content (AvgIpc) is 2.68. The molecule has 0 saturated carbocycles. The molecule has 0 bridgehead atoms. The minimum Gasteiger partial charge on any atom is -0.305 e. The number of anilines is 1. The van der Waals surface area contributed by atoms with Gasteiger partial charge >= 0.3 is 0 Å². The van der Waals surface area contributed by atoms with E-state index in [1.165, 1.54) is 30.3 Å². The van der Waals surface area contributed by atoms with Crippen LogP contribution in [-0.4, -0.2) is 26.4 Å². The molecule has 0 unspecified atom stereocenters. The number of carbonyl (C=O) groups excluding carboxylic acids is 1. The normalized spacial score (nSPS) is 11.1. The van der Waals surface area contributed by atoms with Gasteiger partial charge < -0.3 is 4.98 Å². The number of benzene rings is 2. The van der Waals surface area contributed by atoms with E-state index in [4.69, 9.17) is 0 Å². The molecule has 3 rings (SSSR count). The molecule has 2 N–H and O–H groups in total. The van der Waals surface area contributed by atoms with Crippen LogP contribution in [0.2, 0.25) is 0 Å². The van der Waals surface area contributed by atoms with Crippen LogP contribution in [0, 0.1) is 17.0 Å². The fourth-order valence-corrected chi connectivity index (χ4v) is 2.41. The van der Waals surface area contributed by atoms with E-state index < -0.39 is 16.3 Å². The summed E-state index contributed by atoms with van der Waals surface area (Å²) in [7, 11) is 0. The highest BCUT2D eigenvalue weighted by atomic mass is 16.6. The Morgan fingerprint density at radius 2 is 1.82 bits per heavy atom. The average molecular weight is 377 g/mol. The van der Waals surface area contributed by atoms with Crippen LogP contribution in [-0.2, 0) is 0 Å². The molecule has 140 valence electrons. The molecule has 9 nitrogen and oxygen atoms in total. The third-order valence-electron chi connectivity index (χ3n) is 3.72.